The van der Waals surface area contributed by atoms with Gasteiger partial charge in [-0.05, 0) is 26.3 Å². The molecular formula is C9H15N3. The lowest BCUT2D eigenvalue weighted by Crippen LogP contribution is -2.27. The van der Waals surface area contributed by atoms with Crippen molar-refractivity contribution in [2.45, 2.75) is 26.8 Å². The summed E-state index contributed by atoms with van der Waals surface area (Å²) in [5.74, 6) is 0.788. The van der Waals surface area contributed by atoms with Gasteiger partial charge < -0.3 is 4.90 Å². The zero-order valence-electron chi connectivity index (χ0n) is 8.07. The predicted octanol–water partition coefficient (Wildman–Crippen LogP) is 1.63. The Kier molecular flexibility index (Phi) is 2.63. The van der Waals surface area contributed by atoms with E-state index < -0.39 is 0 Å². The maximum absolute atomic E-state index is 4.21. The molecule has 0 atom stereocenters. The lowest BCUT2D eigenvalue weighted by molar-refractivity contribution is 0.728. The largest absolute Gasteiger partial charge is 0.341 e. The summed E-state index contributed by atoms with van der Waals surface area (Å²) < 4.78 is 0. The fourth-order valence-electron chi connectivity index (χ4n) is 0.799. The molecule has 3 heteroatoms. The first-order valence-corrected chi connectivity index (χ1v) is 4.12. The van der Waals surface area contributed by atoms with Crippen LogP contribution in [-0.2, 0) is 0 Å². The second-order valence-corrected chi connectivity index (χ2v) is 3.27. The van der Waals surface area contributed by atoms with Gasteiger partial charge in [0.2, 0.25) is 5.95 Å². The molecule has 0 aliphatic rings. The molecule has 0 unspecified atom stereocenters. The average Bonchev–Trinajstić information content (AvgIpc) is 2.04. The van der Waals surface area contributed by atoms with Gasteiger partial charge in [-0.1, -0.05) is 0 Å². The van der Waals surface area contributed by atoms with E-state index in [0.29, 0.717) is 6.04 Å². The molecule has 0 aliphatic heterocycles. The van der Waals surface area contributed by atoms with Gasteiger partial charge in [0, 0.05) is 25.5 Å². The van der Waals surface area contributed by atoms with Crippen LogP contribution in [0.3, 0.4) is 0 Å². The molecule has 0 spiro atoms. The van der Waals surface area contributed by atoms with Crippen molar-refractivity contribution in [2.24, 2.45) is 0 Å². The number of aryl methyl sites for hydroxylation is 1. The van der Waals surface area contributed by atoms with Crippen LogP contribution in [0.1, 0.15) is 19.4 Å². The third kappa shape index (κ3) is 1.94. The Hall–Kier alpha value is -1.12. The summed E-state index contributed by atoms with van der Waals surface area (Å²) in [6, 6.07) is 0.438. The number of hydrogen-bond acceptors (Lipinski definition) is 3. The summed E-state index contributed by atoms with van der Waals surface area (Å²) in [6.45, 7) is 6.21. The molecule has 1 aromatic heterocycles. The monoisotopic (exact) mass is 165 g/mol. The lowest BCUT2D eigenvalue weighted by Gasteiger charge is -2.20. The van der Waals surface area contributed by atoms with Crippen LogP contribution >= 0.6 is 0 Å². The van der Waals surface area contributed by atoms with Crippen molar-refractivity contribution in [1.82, 2.24) is 9.97 Å². The summed E-state index contributed by atoms with van der Waals surface area (Å²) in [5, 5.41) is 0. The van der Waals surface area contributed by atoms with Crippen LogP contribution in [0.4, 0.5) is 5.95 Å². The van der Waals surface area contributed by atoms with Gasteiger partial charge >= 0.3 is 0 Å². The van der Waals surface area contributed by atoms with E-state index in [4.69, 9.17) is 0 Å². The van der Waals surface area contributed by atoms with Gasteiger partial charge in [0.15, 0.2) is 0 Å². The molecule has 66 valence electrons. The van der Waals surface area contributed by atoms with Crippen LogP contribution in [0.25, 0.3) is 0 Å². The zero-order valence-corrected chi connectivity index (χ0v) is 8.07. The normalized spacial score (nSPS) is 10.4. The molecule has 0 N–H and O–H groups in total. The van der Waals surface area contributed by atoms with E-state index in [-0.39, 0.29) is 0 Å². The van der Waals surface area contributed by atoms with E-state index in [1.54, 1.807) is 0 Å². The Bertz CT molecular complexity index is 240. The van der Waals surface area contributed by atoms with Gasteiger partial charge in [-0.25, -0.2) is 9.97 Å². The molecular weight excluding hydrogens is 150 g/mol. The van der Waals surface area contributed by atoms with Gasteiger partial charge in [-0.15, -0.1) is 0 Å². The Morgan fingerprint density at radius 3 is 2.17 bits per heavy atom. The molecule has 0 bridgehead atoms. The molecule has 0 saturated heterocycles. The fraction of sp³-hybridized carbons (Fsp3) is 0.556. The van der Waals surface area contributed by atoms with Crippen molar-refractivity contribution in [3.8, 4) is 0 Å². The smallest absolute Gasteiger partial charge is 0.225 e. The maximum atomic E-state index is 4.21. The molecule has 0 saturated carbocycles. The molecule has 0 aliphatic carbocycles. The fourth-order valence-corrected chi connectivity index (χ4v) is 0.799. The van der Waals surface area contributed by atoms with E-state index in [2.05, 4.69) is 23.8 Å². The molecule has 3 nitrogen and oxygen atoms in total. The van der Waals surface area contributed by atoms with Crippen LogP contribution in [0.15, 0.2) is 12.4 Å². The second kappa shape index (κ2) is 3.52. The Balaban J connectivity index is 2.82. The topological polar surface area (TPSA) is 29.0 Å². The van der Waals surface area contributed by atoms with Crippen molar-refractivity contribution in [1.29, 1.82) is 0 Å². The highest BCUT2D eigenvalue weighted by molar-refractivity contribution is 5.29. The second-order valence-electron chi connectivity index (χ2n) is 3.27. The zero-order chi connectivity index (χ0) is 9.14. The van der Waals surface area contributed by atoms with E-state index in [1.807, 2.05) is 31.3 Å². The minimum absolute atomic E-state index is 0.438. The van der Waals surface area contributed by atoms with Crippen molar-refractivity contribution in [3.63, 3.8) is 0 Å². The molecule has 0 radical (unpaired) electrons. The number of nitrogens with zero attached hydrogens (tertiary/aromatic N) is 3. The maximum Gasteiger partial charge on any atom is 0.225 e. The molecule has 0 amide bonds. The van der Waals surface area contributed by atoms with E-state index in [1.165, 1.54) is 0 Å². The van der Waals surface area contributed by atoms with Gasteiger partial charge in [-0.3, -0.25) is 0 Å². The first-order chi connectivity index (χ1) is 5.61. The molecule has 0 aromatic carbocycles. The Labute approximate surface area is 73.5 Å². The first-order valence-electron chi connectivity index (χ1n) is 4.12. The van der Waals surface area contributed by atoms with Crippen molar-refractivity contribution >= 4 is 5.95 Å². The van der Waals surface area contributed by atoms with Crippen molar-refractivity contribution in [3.05, 3.63) is 18.0 Å². The van der Waals surface area contributed by atoms with Crippen molar-refractivity contribution < 1.29 is 0 Å². The number of hydrogen-bond donors (Lipinski definition) is 0. The molecule has 0 fully saturated rings. The highest BCUT2D eigenvalue weighted by Gasteiger charge is 2.05. The summed E-state index contributed by atoms with van der Waals surface area (Å²) >= 11 is 0. The number of anilines is 1. The number of aromatic nitrogens is 2. The molecule has 1 rings (SSSR count). The molecule has 12 heavy (non-hydrogen) atoms. The van der Waals surface area contributed by atoms with Crippen LogP contribution in [0.2, 0.25) is 0 Å². The highest BCUT2D eigenvalue weighted by atomic mass is 15.2. The number of rotatable bonds is 2. The van der Waals surface area contributed by atoms with Gasteiger partial charge in [-0.2, -0.15) is 0 Å². The Morgan fingerprint density at radius 1 is 1.25 bits per heavy atom. The summed E-state index contributed by atoms with van der Waals surface area (Å²) in [6.07, 6.45) is 3.67. The average molecular weight is 165 g/mol. The van der Waals surface area contributed by atoms with Gasteiger partial charge in [0.25, 0.3) is 0 Å². The third-order valence-electron chi connectivity index (χ3n) is 1.86. The predicted molar refractivity (Wildman–Crippen MR) is 50.3 cm³/mol. The van der Waals surface area contributed by atoms with Crippen LogP contribution in [0, 0.1) is 6.92 Å². The van der Waals surface area contributed by atoms with Crippen LogP contribution in [0.5, 0.6) is 0 Å². The summed E-state index contributed by atoms with van der Waals surface area (Å²) in [4.78, 5) is 10.5. The Morgan fingerprint density at radius 2 is 1.75 bits per heavy atom. The van der Waals surface area contributed by atoms with E-state index >= 15 is 0 Å². The van der Waals surface area contributed by atoms with E-state index in [9.17, 15) is 0 Å². The summed E-state index contributed by atoms with van der Waals surface area (Å²) in [7, 11) is 2.00. The minimum Gasteiger partial charge on any atom is -0.341 e. The SMILES string of the molecule is Cc1cnc(N(C)C(C)C)nc1. The van der Waals surface area contributed by atoms with E-state index in [0.717, 1.165) is 11.5 Å². The van der Waals surface area contributed by atoms with Crippen LogP contribution < -0.4 is 4.90 Å². The highest BCUT2D eigenvalue weighted by Crippen LogP contribution is 2.07. The third-order valence-corrected chi connectivity index (χ3v) is 1.86. The summed E-state index contributed by atoms with van der Waals surface area (Å²) in [5.41, 5.74) is 1.09. The first kappa shape index (κ1) is 8.97. The molecule has 1 aromatic rings. The standard InChI is InChI=1S/C9H15N3/c1-7(2)12(4)9-10-5-8(3)6-11-9/h5-7H,1-4H3. The molecule has 1 heterocycles. The van der Waals surface area contributed by atoms with Crippen molar-refractivity contribution in [2.75, 3.05) is 11.9 Å². The quantitative estimate of drug-likeness (QED) is 0.667. The van der Waals surface area contributed by atoms with Gasteiger partial charge in [0.1, 0.15) is 0 Å². The van der Waals surface area contributed by atoms with Gasteiger partial charge in [0.05, 0.1) is 0 Å². The van der Waals surface area contributed by atoms with Crippen LogP contribution in [-0.4, -0.2) is 23.1 Å². The lowest BCUT2D eigenvalue weighted by atomic mass is 10.3. The minimum atomic E-state index is 0.438.